The minimum Gasteiger partial charge on any atom is -0.497 e. The number of carbonyl (C=O) groups is 6. The molecular formula is C96H84N9O30P3. The number of oxime groups is 6. The first-order valence-corrected chi connectivity index (χ1v) is 45.1. The molecule has 0 fully saturated rings. The van der Waals surface area contributed by atoms with Gasteiger partial charge in [0.15, 0.2) is 69.0 Å². The van der Waals surface area contributed by atoms with E-state index in [1.54, 1.807) is 72.8 Å². The van der Waals surface area contributed by atoms with E-state index < -0.39 is 58.8 Å². The fraction of sp³-hybridized carbons (Fsp3) is 0.125. The van der Waals surface area contributed by atoms with Crippen LogP contribution in [0.1, 0.15) is 95.5 Å². The van der Waals surface area contributed by atoms with Crippen molar-refractivity contribution in [2.75, 3.05) is 85.3 Å². The zero-order valence-corrected chi connectivity index (χ0v) is 78.0. The van der Waals surface area contributed by atoms with E-state index in [-0.39, 0.29) is 136 Å². The molecule has 0 saturated carbocycles. The second-order valence-electron chi connectivity index (χ2n) is 27.8. The van der Waals surface area contributed by atoms with Gasteiger partial charge < -0.3 is 113 Å². The van der Waals surface area contributed by atoms with Crippen molar-refractivity contribution >= 4 is 96.1 Å². The second-order valence-corrected chi connectivity index (χ2v) is 34.0. The molecule has 12 aromatic rings. The molecular weight excluding hydrogens is 1850 g/mol. The Bertz CT molecular complexity index is 5760. The maximum atomic E-state index is 13.4. The molecule has 13 rings (SSSR count). The van der Waals surface area contributed by atoms with Crippen molar-refractivity contribution in [1.29, 1.82) is 0 Å². The largest absolute Gasteiger partial charge is 0.497 e. The highest BCUT2D eigenvalue weighted by Gasteiger charge is 2.51. The summed E-state index contributed by atoms with van der Waals surface area (Å²) in [5, 5.41) is 24.1. The molecule has 0 amide bonds. The maximum Gasteiger partial charge on any atom is 0.461 e. The van der Waals surface area contributed by atoms with Crippen molar-refractivity contribution < 1.29 is 142 Å². The van der Waals surface area contributed by atoms with E-state index in [1.807, 2.05) is 0 Å². The Morgan fingerprint density at radius 1 is 0.188 bits per heavy atom. The Labute approximate surface area is 788 Å². The highest BCUT2D eigenvalue weighted by Crippen LogP contribution is 2.80. The molecule has 0 radical (unpaired) electrons. The molecule has 0 N–H and O–H groups in total. The van der Waals surface area contributed by atoms with E-state index >= 15 is 0 Å². The van der Waals surface area contributed by atoms with Crippen molar-refractivity contribution in [3.63, 3.8) is 0 Å². The topological polar surface area (TPSA) is 435 Å². The second kappa shape index (κ2) is 46.8. The Morgan fingerprint density at radius 3 is 0.449 bits per heavy atom. The molecule has 0 saturated heterocycles. The SMILES string of the molecule is COc1ccc(C(=O)O/N=C/c2ccc(OP3(Oc4ccc(/C=N/OC(=O)c5ccc(OC)cc5)cc4OC)=NP(Oc4ccc(/C=N/OC(=O)c5ccc(OC)cc5)cc4OC)(Oc4ccc(/C=N/OC(=O)c5ccc(OC)cc5)cc4OC)=NP(Oc4ccc(/C=N/OC(=O)c5ccc(OC)cc5)cc4OC)(Oc4ccc(/C=N/OC(=O)c5ccc(OC)cc5)cc4OC)=N3)c(OC)c2)cc1. The van der Waals surface area contributed by atoms with Crippen LogP contribution < -0.4 is 84.0 Å². The fourth-order valence-electron chi connectivity index (χ4n) is 12.1. The van der Waals surface area contributed by atoms with Gasteiger partial charge in [0.2, 0.25) is 0 Å². The molecule has 42 heteroatoms. The third kappa shape index (κ3) is 25.7. The van der Waals surface area contributed by atoms with Gasteiger partial charge in [0.25, 0.3) is 0 Å². The van der Waals surface area contributed by atoms with E-state index in [4.69, 9.17) is 127 Å². The monoisotopic (exact) mass is 1940 g/mol. The average molecular weight is 1940 g/mol. The molecule has 0 aromatic heterocycles. The number of methoxy groups -OCH3 is 12. The van der Waals surface area contributed by atoms with Gasteiger partial charge in [0.1, 0.15) is 34.5 Å². The smallest absolute Gasteiger partial charge is 0.461 e. The number of ether oxygens (including phenoxy) is 12. The van der Waals surface area contributed by atoms with Crippen LogP contribution in [0.5, 0.6) is 103 Å². The summed E-state index contributed by atoms with van der Waals surface area (Å²) in [6.07, 6.45) is 7.30. The number of nitrogens with zero attached hydrogens (tertiary/aromatic N) is 9. The minimum atomic E-state index is -5.33. The standard InChI is InChI=1S/C96H84N9O30P3/c1-112-73-31-19-67(20-32-73)91(106)124-97-55-61-13-43-79(85(49-61)118-7)130-136(131-80-44-14-62(50-86(80)119-8)56-98-125-92(107)68-21-33-74(113-2)34-22-68)103-137(132-81-45-15-63(51-87(81)120-9)57-99-126-93(108)69-23-35-75(114-3)36-24-69,133-82-46-16-64(52-88(82)121-10)58-100-127-94(109)70-25-37-76(115-4)38-26-70)105-138(104-136,134-83-47-17-65(53-89(83)122-11)59-101-128-95(110)71-27-39-77(116-5)40-28-71)135-84-48-18-66(54-90(84)123-12)60-102-129-96(111)72-29-41-78(117-6)42-30-72/h13-60H,1-12H3/b97-55+,98-56+,99-57+,100-58+,101-59+,102-60+. The molecule has 138 heavy (non-hydrogen) atoms. The van der Waals surface area contributed by atoms with Crippen molar-refractivity contribution in [3.05, 3.63) is 322 Å². The molecule has 0 bridgehead atoms. The van der Waals surface area contributed by atoms with E-state index in [1.165, 1.54) is 305 Å². The first-order valence-electron chi connectivity index (χ1n) is 40.6. The molecule has 39 nitrogen and oxygen atoms in total. The van der Waals surface area contributed by atoms with E-state index in [2.05, 4.69) is 30.9 Å². The van der Waals surface area contributed by atoms with Gasteiger partial charge in [-0.3, -0.25) is 0 Å². The molecule has 0 aliphatic carbocycles. The van der Waals surface area contributed by atoms with Crippen LogP contribution in [0.4, 0.5) is 0 Å². The van der Waals surface area contributed by atoms with Crippen LogP contribution in [0.25, 0.3) is 0 Å². The summed E-state index contributed by atoms with van der Waals surface area (Å²) in [7, 11) is 0.717. The van der Waals surface area contributed by atoms with Crippen LogP contribution in [-0.4, -0.2) is 158 Å². The third-order valence-electron chi connectivity index (χ3n) is 19.1. The Kier molecular flexibility index (Phi) is 33.2. The van der Waals surface area contributed by atoms with Gasteiger partial charge in [-0.15, -0.1) is 0 Å². The van der Waals surface area contributed by atoms with Gasteiger partial charge in [0, 0.05) is 33.4 Å². The van der Waals surface area contributed by atoms with Crippen LogP contribution in [0.2, 0.25) is 0 Å². The van der Waals surface area contributed by atoms with Crippen LogP contribution in [0.3, 0.4) is 0 Å². The lowest BCUT2D eigenvalue weighted by molar-refractivity contribution is 0.0510. The number of rotatable bonds is 42. The Hall–Kier alpha value is -17.4. The summed E-state index contributed by atoms with van der Waals surface area (Å²) in [4.78, 5) is 112. The third-order valence-corrected chi connectivity index (χ3v) is 27.1. The first-order chi connectivity index (χ1) is 67.0. The average Bonchev–Trinajstić information content (AvgIpc) is 0.721. The van der Waals surface area contributed by atoms with Crippen molar-refractivity contribution in [2.45, 2.75) is 0 Å². The quantitative estimate of drug-likeness (QED) is 0.0148. The van der Waals surface area contributed by atoms with Crippen molar-refractivity contribution in [1.82, 2.24) is 0 Å². The van der Waals surface area contributed by atoms with Crippen molar-refractivity contribution in [2.24, 2.45) is 44.5 Å². The van der Waals surface area contributed by atoms with E-state index in [0.29, 0.717) is 34.5 Å². The van der Waals surface area contributed by atoms with Crippen LogP contribution in [-0.2, 0) is 29.0 Å². The van der Waals surface area contributed by atoms with Gasteiger partial charge in [-0.2, -0.15) is 0 Å². The molecule has 0 atom stereocenters. The number of carbonyl (C=O) groups excluding carboxylic acids is 6. The highest BCUT2D eigenvalue weighted by molar-refractivity contribution is 7.79. The number of hydrogen-bond donors (Lipinski definition) is 0. The number of hydrogen-bond acceptors (Lipinski definition) is 39. The maximum absolute atomic E-state index is 13.4. The predicted molar refractivity (Wildman–Crippen MR) is 506 cm³/mol. The zero-order chi connectivity index (χ0) is 97.6. The van der Waals surface area contributed by atoms with Gasteiger partial charge in [0.05, 0.1) is 156 Å². The summed E-state index contributed by atoms with van der Waals surface area (Å²) in [5.41, 5.74) is 2.37. The normalized spacial score (nSPS) is 12.7. The molecule has 708 valence electrons. The lowest BCUT2D eigenvalue weighted by atomic mass is 10.2. The highest BCUT2D eigenvalue weighted by atomic mass is 31.3. The van der Waals surface area contributed by atoms with E-state index in [9.17, 15) is 28.8 Å². The molecule has 0 spiro atoms. The molecule has 1 aliphatic rings. The van der Waals surface area contributed by atoms with Crippen LogP contribution in [0, 0.1) is 0 Å². The van der Waals surface area contributed by atoms with Gasteiger partial charge in [-0.1, -0.05) is 44.5 Å². The zero-order valence-electron chi connectivity index (χ0n) is 75.3. The first kappa shape index (κ1) is 98.1. The Balaban J connectivity index is 1.06. The minimum absolute atomic E-state index is 0.111. The predicted octanol–water partition coefficient (Wildman–Crippen LogP) is 19.6. The molecule has 12 aromatic carbocycles. The summed E-state index contributed by atoms with van der Waals surface area (Å²) < 4.78 is 130. The van der Waals surface area contributed by atoms with Crippen LogP contribution >= 0.6 is 23.0 Å². The van der Waals surface area contributed by atoms with Crippen molar-refractivity contribution in [3.8, 4) is 103 Å². The molecule has 1 aliphatic heterocycles. The molecule has 1 heterocycles. The van der Waals surface area contributed by atoms with Gasteiger partial charge in [-0.25, -0.2) is 28.8 Å². The summed E-state index contributed by atoms with van der Waals surface area (Å²) in [5.74, 6) is -4.08. The van der Waals surface area contributed by atoms with Gasteiger partial charge in [-0.05, 0) is 255 Å². The van der Waals surface area contributed by atoms with Gasteiger partial charge >= 0.3 is 58.8 Å². The summed E-state index contributed by atoms with van der Waals surface area (Å²) >= 11 is 0. The molecule has 0 unspecified atom stereocenters. The summed E-state index contributed by atoms with van der Waals surface area (Å²) in [6, 6.07) is 62.9. The summed E-state index contributed by atoms with van der Waals surface area (Å²) in [6.45, 7) is 0. The van der Waals surface area contributed by atoms with Crippen LogP contribution in [0.15, 0.2) is 299 Å². The van der Waals surface area contributed by atoms with E-state index in [0.717, 1.165) is 0 Å². The lowest BCUT2D eigenvalue weighted by Crippen LogP contribution is -2.13. The fourth-order valence-corrected chi connectivity index (χ4v) is 21.2. The number of benzene rings is 12. The Morgan fingerprint density at radius 2 is 0.326 bits per heavy atom. The lowest BCUT2D eigenvalue weighted by Gasteiger charge is -2.34.